The van der Waals surface area contributed by atoms with Gasteiger partial charge in [0.1, 0.15) is 0 Å². The number of nitrogen functional groups attached to an aromatic ring is 1. The summed E-state index contributed by atoms with van der Waals surface area (Å²) in [6, 6.07) is 8.80. The van der Waals surface area contributed by atoms with Gasteiger partial charge in [-0.05, 0) is 30.7 Å². The smallest absolute Gasteiger partial charge is 0.271 e. The summed E-state index contributed by atoms with van der Waals surface area (Å²) in [7, 11) is 0. The zero-order valence-corrected chi connectivity index (χ0v) is 11.8. The fourth-order valence-corrected chi connectivity index (χ4v) is 1.98. The van der Waals surface area contributed by atoms with E-state index in [2.05, 4.69) is 5.32 Å². The molecule has 0 aliphatic rings. The van der Waals surface area contributed by atoms with Crippen LogP contribution in [0.3, 0.4) is 0 Å². The van der Waals surface area contributed by atoms with Crippen molar-refractivity contribution in [2.24, 2.45) is 0 Å². The molecule has 0 heterocycles. The van der Waals surface area contributed by atoms with Crippen LogP contribution in [0.4, 0.5) is 17.1 Å². The molecule has 2 rings (SSSR count). The molecule has 0 saturated carbocycles. The first kappa shape index (κ1) is 14.8. The molecule has 3 N–H and O–H groups in total. The van der Waals surface area contributed by atoms with Gasteiger partial charge in [-0.25, -0.2) is 0 Å². The van der Waals surface area contributed by atoms with Crippen LogP contribution in [0, 0.1) is 17.0 Å². The fraction of sp³-hybridized carbons (Fsp3) is 0.0714. The lowest BCUT2D eigenvalue weighted by Crippen LogP contribution is -2.14. The van der Waals surface area contributed by atoms with E-state index in [1.807, 2.05) is 0 Å². The number of rotatable bonds is 3. The Kier molecular flexibility index (Phi) is 4.09. The number of carbonyl (C=O) groups is 1. The monoisotopic (exact) mass is 305 g/mol. The van der Waals surface area contributed by atoms with Crippen molar-refractivity contribution >= 4 is 34.6 Å². The molecule has 2 aromatic rings. The maximum absolute atomic E-state index is 12.2. The molecule has 0 spiro atoms. The second kappa shape index (κ2) is 5.80. The van der Waals surface area contributed by atoms with Gasteiger partial charge >= 0.3 is 0 Å². The molecule has 0 atom stereocenters. The van der Waals surface area contributed by atoms with Crippen LogP contribution in [0.1, 0.15) is 15.9 Å². The van der Waals surface area contributed by atoms with Crippen molar-refractivity contribution in [2.75, 3.05) is 11.1 Å². The highest BCUT2D eigenvalue weighted by Crippen LogP contribution is 2.27. The van der Waals surface area contributed by atoms with E-state index in [0.29, 0.717) is 16.8 Å². The highest BCUT2D eigenvalue weighted by Gasteiger charge is 2.15. The molecule has 0 saturated heterocycles. The molecule has 0 unspecified atom stereocenters. The summed E-state index contributed by atoms with van der Waals surface area (Å²) in [5.41, 5.74) is 7.29. The van der Waals surface area contributed by atoms with Gasteiger partial charge in [-0.2, -0.15) is 0 Å². The van der Waals surface area contributed by atoms with Crippen molar-refractivity contribution in [1.82, 2.24) is 0 Å². The largest absolute Gasteiger partial charge is 0.398 e. The predicted octanol–water partition coefficient (Wildman–Crippen LogP) is 3.39. The highest BCUT2D eigenvalue weighted by molar-refractivity contribution is 6.34. The van der Waals surface area contributed by atoms with Crippen LogP contribution in [0.25, 0.3) is 0 Å². The number of nitrogens with zero attached hydrogens (tertiary/aromatic N) is 1. The summed E-state index contributed by atoms with van der Waals surface area (Å²) >= 11 is 5.94. The number of hydrogen-bond donors (Lipinski definition) is 2. The molecule has 7 heteroatoms. The zero-order chi connectivity index (χ0) is 15.6. The van der Waals surface area contributed by atoms with Crippen LogP contribution in [-0.4, -0.2) is 10.8 Å². The van der Waals surface area contributed by atoms with E-state index in [-0.39, 0.29) is 16.4 Å². The lowest BCUT2D eigenvalue weighted by molar-refractivity contribution is -0.384. The maximum Gasteiger partial charge on any atom is 0.271 e. The third-order valence-corrected chi connectivity index (χ3v) is 3.36. The van der Waals surface area contributed by atoms with Crippen molar-refractivity contribution in [2.45, 2.75) is 6.92 Å². The van der Waals surface area contributed by atoms with E-state index in [1.165, 1.54) is 18.2 Å². The summed E-state index contributed by atoms with van der Waals surface area (Å²) in [4.78, 5) is 22.4. The van der Waals surface area contributed by atoms with Gasteiger partial charge in [0.05, 0.1) is 15.6 Å². The second-order valence-corrected chi connectivity index (χ2v) is 4.80. The number of non-ortho nitro benzene ring substituents is 1. The minimum Gasteiger partial charge on any atom is -0.398 e. The number of nitro benzene ring substituents is 1. The second-order valence-electron chi connectivity index (χ2n) is 4.40. The zero-order valence-electron chi connectivity index (χ0n) is 11.1. The average Bonchev–Trinajstić information content (AvgIpc) is 2.43. The molecule has 0 bridgehead atoms. The van der Waals surface area contributed by atoms with Crippen LogP contribution in [0.5, 0.6) is 0 Å². The van der Waals surface area contributed by atoms with Gasteiger partial charge in [-0.1, -0.05) is 17.7 Å². The molecular formula is C14H12ClN3O3. The van der Waals surface area contributed by atoms with Gasteiger partial charge in [0.25, 0.3) is 11.6 Å². The summed E-state index contributed by atoms with van der Waals surface area (Å²) < 4.78 is 0. The topological polar surface area (TPSA) is 98.3 Å². The quantitative estimate of drug-likeness (QED) is 0.516. The number of halogens is 1. The summed E-state index contributed by atoms with van der Waals surface area (Å²) in [5.74, 6) is -0.429. The van der Waals surface area contributed by atoms with E-state index in [4.69, 9.17) is 17.3 Å². The molecule has 21 heavy (non-hydrogen) atoms. The molecule has 0 fully saturated rings. The number of carbonyl (C=O) groups excluding carboxylic acids is 1. The number of nitrogens with two attached hydrogens (primary N) is 1. The fourth-order valence-electron chi connectivity index (χ4n) is 1.81. The highest BCUT2D eigenvalue weighted by atomic mass is 35.5. The first-order valence-electron chi connectivity index (χ1n) is 6.00. The number of benzene rings is 2. The van der Waals surface area contributed by atoms with Crippen molar-refractivity contribution in [1.29, 1.82) is 0 Å². The lowest BCUT2D eigenvalue weighted by atomic mass is 10.1. The summed E-state index contributed by atoms with van der Waals surface area (Å²) in [5, 5.41) is 13.5. The molecule has 0 radical (unpaired) electrons. The van der Waals surface area contributed by atoms with Crippen LogP contribution >= 0.6 is 11.6 Å². The van der Waals surface area contributed by atoms with E-state index < -0.39 is 10.8 Å². The van der Waals surface area contributed by atoms with Crippen LogP contribution in [0.2, 0.25) is 5.02 Å². The number of amides is 1. The molecule has 0 aliphatic heterocycles. The van der Waals surface area contributed by atoms with E-state index >= 15 is 0 Å². The van der Waals surface area contributed by atoms with Gasteiger partial charge in [-0.15, -0.1) is 0 Å². The van der Waals surface area contributed by atoms with Crippen molar-refractivity contribution < 1.29 is 9.72 Å². The van der Waals surface area contributed by atoms with E-state index in [9.17, 15) is 14.9 Å². The SMILES string of the molecule is Cc1c(N)cccc1C(=O)Nc1cc([N+](=O)[O-])ccc1Cl. The van der Waals surface area contributed by atoms with Crippen molar-refractivity contribution in [3.63, 3.8) is 0 Å². The molecule has 108 valence electrons. The standard InChI is InChI=1S/C14H12ClN3O3/c1-8-10(3-2-4-12(8)16)14(19)17-13-7-9(18(20)21)5-6-11(13)15/h2-7H,16H2,1H3,(H,17,19). The number of hydrogen-bond acceptors (Lipinski definition) is 4. The third kappa shape index (κ3) is 3.11. The Bertz CT molecular complexity index is 731. The van der Waals surface area contributed by atoms with E-state index in [0.717, 1.165) is 0 Å². The summed E-state index contributed by atoms with van der Waals surface area (Å²) in [6.45, 7) is 1.72. The minimum atomic E-state index is -0.558. The Labute approximate surface area is 125 Å². The Balaban J connectivity index is 2.33. The Hall–Kier alpha value is -2.60. The van der Waals surface area contributed by atoms with Crippen LogP contribution < -0.4 is 11.1 Å². The number of nitro groups is 1. The van der Waals surface area contributed by atoms with Gasteiger partial charge in [-0.3, -0.25) is 14.9 Å². The first-order valence-corrected chi connectivity index (χ1v) is 6.38. The molecule has 1 amide bonds. The predicted molar refractivity (Wildman–Crippen MR) is 81.7 cm³/mol. The molecule has 0 aliphatic carbocycles. The molecule has 6 nitrogen and oxygen atoms in total. The van der Waals surface area contributed by atoms with Crippen LogP contribution in [-0.2, 0) is 0 Å². The molecular weight excluding hydrogens is 294 g/mol. The Morgan fingerprint density at radius 1 is 1.33 bits per heavy atom. The normalized spacial score (nSPS) is 10.2. The number of anilines is 2. The summed E-state index contributed by atoms with van der Waals surface area (Å²) in [6.07, 6.45) is 0. The van der Waals surface area contributed by atoms with Gasteiger partial charge in [0, 0.05) is 23.4 Å². The van der Waals surface area contributed by atoms with Gasteiger partial charge in [0.15, 0.2) is 0 Å². The maximum atomic E-state index is 12.2. The van der Waals surface area contributed by atoms with Crippen molar-refractivity contribution in [3.8, 4) is 0 Å². The first-order chi connectivity index (χ1) is 9.90. The van der Waals surface area contributed by atoms with E-state index in [1.54, 1.807) is 25.1 Å². The van der Waals surface area contributed by atoms with Crippen molar-refractivity contribution in [3.05, 3.63) is 62.7 Å². The average molecular weight is 306 g/mol. The van der Waals surface area contributed by atoms with Crippen LogP contribution in [0.15, 0.2) is 36.4 Å². The molecule has 2 aromatic carbocycles. The van der Waals surface area contributed by atoms with Gasteiger partial charge in [0.2, 0.25) is 0 Å². The lowest BCUT2D eigenvalue weighted by Gasteiger charge is -2.10. The Morgan fingerprint density at radius 3 is 2.71 bits per heavy atom. The molecule has 0 aromatic heterocycles. The van der Waals surface area contributed by atoms with Gasteiger partial charge < -0.3 is 11.1 Å². The Morgan fingerprint density at radius 2 is 2.05 bits per heavy atom. The minimum absolute atomic E-state index is 0.154. The third-order valence-electron chi connectivity index (χ3n) is 3.03. The number of nitrogens with one attached hydrogen (secondary N) is 1.